The van der Waals surface area contributed by atoms with E-state index in [1.54, 1.807) is 37.3 Å². The van der Waals surface area contributed by atoms with Crippen molar-refractivity contribution >= 4 is 11.8 Å². The summed E-state index contributed by atoms with van der Waals surface area (Å²) in [6, 6.07) is 12.6. The lowest BCUT2D eigenvalue weighted by Crippen LogP contribution is -2.25. The average Bonchev–Trinajstić information content (AvgIpc) is 2.50. The van der Waals surface area contributed by atoms with E-state index in [4.69, 9.17) is 4.74 Å². The van der Waals surface area contributed by atoms with Crippen molar-refractivity contribution in [1.29, 1.82) is 0 Å². The standard InChI is InChI=1S/C18H17FO3/c1-3-22-18(21)16(14-6-4-5-7-15(14)19)17(20)13-10-8-12(2)9-11-13/h4-11,16H,3H2,1-2H3. The highest BCUT2D eigenvalue weighted by Crippen LogP contribution is 2.25. The van der Waals surface area contributed by atoms with E-state index >= 15 is 0 Å². The summed E-state index contributed by atoms with van der Waals surface area (Å²) in [6.07, 6.45) is 0. The fourth-order valence-corrected chi connectivity index (χ4v) is 2.19. The highest BCUT2D eigenvalue weighted by molar-refractivity contribution is 6.13. The quantitative estimate of drug-likeness (QED) is 0.481. The first-order valence-corrected chi connectivity index (χ1v) is 7.06. The van der Waals surface area contributed by atoms with Crippen molar-refractivity contribution in [2.24, 2.45) is 0 Å². The van der Waals surface area contributed by atoms with E-state index in [0.29, 0.717) is 5.56 Å². The van der Waals surface area contributed by atoms with Crippen molar-refractivity contribution in [3.63, 3.8) is 0 Å². The highest BCUT2D eigenvalue weighted by atomic mass is 19.1. The highest BCUT2D eigenvalue weighted by Gasteiger charge is 2.32. The first-order valence-electron chi connectivity index (χ1n) is 7.06. The second-order valence-electron chi connectivity index (χ2n) is 4.94. The second-order valence-corrected chi connectivity index (χ2v) is 4.94. The van der Waals surface area contributed by atoms with Gasteiger partial charge < -0.3 is 4.74 Å². The van der Waals surface area contributed by atoms with Crippen molar-refractivity contribution in [1.82, 2.24) is 0 Å². The Bertz CT molecular complexity index is 677. The number of benzene rings is 2. The lowest BCUT2D eigenvalue weighted by Gasteiger charge is -2.16. The van der Waals surface area contributed by atoms with Gasteiger partial charge in [0.2, 0.25) is 0 Å². The van der Waals surface area contributed by atoms with Crippen LogP contribution in [0.25, 0.3) is 0 Å². The third-order valence-corrected chi connectivity index (χ3v) is 3.34. The first-order chi connectivity index (χ1) is 10.5. The Kier molecular flexibility index (Phi) is 5.04. The molecule has 0 aliphatic rings. The summed E-state index contributed by atoms with van der Waals surface area (Å²) < 4.78 is 19.0. The normalized spacial score (nSPS) is 11.8. The molecule has 0 saturated heterocycles. The molecule has 0 fully saturated rings. The molecule has 4 heteroatoms. The van der Waals surface area contributed by atoms with E-state index in [1.807, 2.05) is 6.92 Å². The predicted molar refractivity (Wildman–Crippen MR) is 81.3 cm³/mol. The number of hydrogen-bond donors (Lipinski definition) is 0. The topological polar surface area (TPSA) is 43.4 Å². The molecule has 2 aromatic rings. The Hall–Kier alpha value is -2.49. The van der Waals surface area contributed by atoms with Crippen LogP contribution in [0, 0.1) is 12.7 Å². The number of esters is 1. The van der Waals surface area contributed by atoms with E-state index in [1.165, 1.54) is 18.2 Å². The van der Waals surface area contributed by atoms with Crippen LogP contribution >= 0.6 is 0 Å². The van der Waals surface area contributed by atoms with Crippen molar-refractivity contribution in [3.05, 3.63) is 71.0 Å². The van der Waals surface area contributed by atoms with Gasteiger partial charge in [-0.2, -0.15) is 0 Å². The maximum absolute atomic E-state index is 14.0. The van der Waals surface area contributed by atoms with Crippen molar-refractivity contribution in [2.75, 3.05) is 6.61 Å². The van der Waals surface area contributed by atoms with Gasteiger partial charge in [-0.25, -0.2) is 4.39 Å². The Labute approximate surface area is 128 Å². The number of carbonyl (C=O) groups is 2. The van der Waals surface area contributed by atoms with Crippen molar-refractivity contribution in [3.8, 4) is 0 Å². The van der Waals surface area contributed by atoms with Crippen LogP contribution < -0.4 is 0 Å². The molecule has 2 rings (SSSR count). The molecule has 0 saturated carbocycles. The van der Waals surface area contributed by atoms with Gasteiger partial charge in [0, 0.05) is 11.1 Å². The van der Waals surface area contributed by atoms with Gasteiger partial charge in [0.15, 0.2) is 5.78 Å². The SMILES string of the molecule is CCOC(=O)C(C(=O)c1ccc(C)cc1)c1ccccc1F. The summed E-state index contributed by atoms with van der Waals surface area (Å²) in [5.41, 5.74) is 1.38. The number of carbonyl (C=O) groups excluding carboxylic acids is 2. The largest absolute Gasteiger partial charge is 0.465 e. The Morgan fingerprint density at radius 3 is 2.32 bits per heavy atom. The Balaban J connectivity index is 2.44. The van der Waals surface area contributed by atoms with Gasteiger partial charge in [-0.05, 0) is 19.9 Å². The van der Waals surface area contributed by atoms with E-state index in [0.717, 1.165) is 5.56 Å². The number of hydrogen-bond acceptors (Lipinski definition) is 3. The van der Waals surface area contributed by atoms with Crippen LogP contribution in [0.1, 0.15) is 34.3 Å². The maximum atomic E-state index is 14.0. The smallest absolute Gasteiger partial charge is 0.321 e. The summed E-state index contributed by atoms with van der Waals surface area (Å²) in [7, 11) is 0. The minimum Gasteiger partial charge on any atom is -0.465 e. The van der Waals surface area contributed by atoms with Crippen molar-refractivity contribution < 1.29 is 18.7 Å². The summed E-state index contributed by atoms with van der Waals surface area (Å²) in [5.74, 6) is -3.09. The van der Waals surface area contributed by atoms with Gasteiger partial charge in [-0.1, -0.05) is 48.0 Å². The molecule has 0 radical (unpaired) electrons. The molecule has 1 unspecified atom stereocenters. The second kappa shape index (κ2) is 6.98. The van der Waals surface area contributed by atoms with Gasteiger partial charge in [-0.15, -0.1) is 0 Å². The summed E-state index contributed by atoms with van der Waals surface area (Å²) in [6.45, 7) is 3.67. The number of ketones is 1. The lowest BCUT2D eigenvalue weighted by molar-refractivity contribution is -0.143. The lowest BCUT2D eigenvalue weighted by atomic mass is 9.90. The number of ether oxygens (including phenoxy) is 1. The molecule has 0 N–H and O–H groups in total. The predicted octanol–water partition coefficient (Wildman–Crippen LogP) is 3.66. The molecule has 0 aromatic heterocycles. The van der Waals surface area contributed by atoms with Crippen molar-refractivity contribution in [2.45, 2.75) is 19.8 Å². The molecule has 22 heavy (non-hydrogen) atoms. The summed E-state index contributed by atoms with van der Waals surface area (Å²) in [5, 5.41) is 0. The molecule has 0 heterocycles. The summed E-state index contributed by atoms with van der Waals surface area (Å²) >= 11 is 0. The molecule has 2 aromatic carbocycles. The Morgan fingerprint density at radius 2 is 1.73 bits per heavy atom. The van der Waals surface area contributed by atoms with Crippen LogP contribution in [0.15, 0.2) is 48.5 Å². The zero-order chi connectivity index (χ0) is 16.1. The number of Topliss-reactive ketones (excluding diaryl/α,β-unsaturated/α-hetero) is 1. The van der Waals surface area contributed by atoms with Gasteiger partial charge in [0.1, 0.15) is 11.7 Å². The van der Waals surface area contributed by atoms with E-state index in [-0.39, 0.29) is 12.2 Å². The minimum atomic E-state index is -1.29. The maximum Gasteiger partial charge on any atom is 0.321 e. The van der Waals surface area contributed by atoms with Crippen LogP contribution in [-0.4, -0.2) is 18.4 Å². The van der Waals surface area contributed by atoms with Crippen LogP contribution in [0.2, 0.25) is 0 Å². The van der Waals surface area contributed by atoms with Crippen LogP contribution in [0.5, 0.6) is 0 Å². The fourth-order valence-electron chi connectivity index (χ4n) is 2.19. The van der Waals surface area contributed by atoms with Gasteiger partial charge in [0.25, 0.3) is 0 Å². The Morgan fingerprint density at radius 1 is 1.09 bits per heavy atom. The molecular weight excluding hydrogens is 283 g/mol. The van der Waals surface area contributed by atoms with E-state index < -0.39 is 23.5 Å². The molecular formula is C18H17FO3. The zero-order valence-corrected chi connectivity index (χ0v) is 12.5. The third kappa shape index (κ3) is 3.39. The van der Waals surface area contributed by atoms with Crippen LogP contribution in [-0.2, 0) is 9.53 Å². The number of rotatable bonds is 5. The number of aryl methyl sites for hydroxylation is 1. The van der Waals surface area contributed by atoms with Crippen LogP contribution in [0.3, 0.4) is 0 Å². The van der Waals surface area contributed by atoms with Gasteiger partial charge in [0.05, 0.1) is 6.61 Å². The van der Waals surface area contributed by atoms with Crippen LogP contribution in [0.4, 0.5) is 4.39 Å². The molecule has 114 valence electrons. The molecule has 1 atom stereocenters. The summed E-state index contributed by atoms with van der Waals surface area (Å²) in [4.78, 5) is 24.8. The molecule has 0 aliphatic heterocycles. The van der Waals surface area contributed by atoms with Gasteiger partial charge in [-0.3, -0.25) is 9.59 Å². The first kappa shape index (κ1) is 15.9. The molecule has 3 nitrogen and oxygen atoms in total. The van der Waals surface area contributed by atoms with Gasteiger partial charge >= 0.3 is 5.97 Å². The zero-order valence-electron chi connectivity index (χ0n) is 12.5. The molecule has 0 bridgehead atoms. The van der Waals surface area contributed by atoms with E-state index in [9.17, 15) is 14.0 Å². The third-order valence-electron chi connectivity index (χ3n) is 3.34. The average molecular weight is 300 g/mol. The van der Waals surface area contributed by atoms with E-state index in [2.05, 4.69) is 0 Å². The fraction of sp³-hybridized carbons (Fsp3) is 0.222. The molecule has 0 amide bonds. The monoisotopic (exact) mass is 300 g/mol. The number of halogens is 1. The molecule has 0 spiro atoms. The minimum absolute atomic E-state index is 0.0338. The molecule has 0 aliphatic carbocycles.